The van der Waals surface area contributed by atoms with Crippen molar-refractivity contribution in [1.82, 2.24) is 5.32 Å². The largest absolute Gasteiger partial charge is 0.480 e. The number of halogens is 1. The Morgan fingerprint density at radius 2 is 2.40 bits per heavy atom. The molecule has 1 aliphatic carbocycles. The van der Waals surface area contributed by atoms with E-state index in [0.717, 1.165) is 27.1 Å². The van der Waals surface area contributed by atoms with Gasteiger partial charge < -0.3 is 5.11 Å². The third-order valence-electron chi connectivity index (χ3n) is 2.39. The monoisotopic (exact) mass is 289 g/mol. The summed E-state index contributed by atoms with van der Waals surface area (Å²) in [6, 6.07) is 1.74. The molecule has 1 aromatic heterocycles. The molecule has 15 heavy (non-hydrogen) atoms. The topological polar surface area (TPSA) is 49.3 Å². The van der Waals surface area contributed by atoms with Gasteiger partial charge in [0.05, 0.1) is 0 Å². The number of nitrogens with one attached hydrogen (secondary N) is 1. The number of carboxylic acid groups (broad SMARTS) is 1. The van der Waals surface area contributed by atoms with Crippen LogP contribution in [0.4, 0.5) is 0 Å². The zero-order valence-corrected chi connectivity index (χ0v) is 10.7. The summed E-state index contributed by atoms with van der Waals surface area (Å²) in [4.78, 5) is 13.1. The molecule has 3 nitrogen and oxygen atoms in total. The van der Waals surface area contributed by atoms with Crippen molar-refractivity contribution in [3.05, 3.63) is 20.3 Å². The van der Waals surface area contributed by atoms with E-state index in [1.165, 1.54) is 11.3 Å². The second-order valence-corrected chi connectivity index (χ2v) is 5.91. The number of aliphatic carboxylic acids is 1. The average Bonchev–Trinajstić information content (AvgIpc) is 2.91. The summed E-state index contributed by atoms with van der Waals surface area (Å²) in [5, 5.41) is 12.3. The predicted molar refractivity (Wildman–Crippen MR) is 63.3 cm³/mol. The molecule has 0 aromatic carbocycles. The molecular formula is C10H12BrNO2S. The van der Waals surface area contributed by atoms with E-state index in [4.69, 9.17) is 5.11 Å². The zero-order chi connectivity index (χ0) is 11.0. The van der Waals surface area contributed by atoms with Crippen LogP contribution in [-0.4, -0.2) is 17.1 Å². The van der Waals surface area contributed by atoms with Crippen LogP contribution in [0.1, 0.15) is 28.6 Å². The normalized spacial score (nSPS) is 17.7. The summed E-state index contributed by atoms with van der Waals surface area (Å²) in [6.07, 6.45) is 2.19. The van der Waals surface area contributed by atoms with Crippen LogP contribution in [0.25, 0.3) is 0 Å². The Morgan fingerprint density at radius 3 is 2.80 bits per heavy atom. The van der Waals surface area contributed by atoms with Gasteiger partial charge in [0.25, 0.3) is 0 Å². The highest BCUT2D eigenvalue weighted by Gasteiger charge is 2.30. The Hall–Kier alpha value is -0.390. The van der Waals surface area contributed by atoms with E-state index in [9.17, 15) is 4.79 Å². The standard InChI is InChI=1S/C10H12BrNO2S/c1-5-7(11)4-8(15-5)9(10(13)14)12-6-2-3-6/h4,6,9,12H,2-3H2,1H3,(H,13,14). The number of carboxylic acids is 1. The molecule has 2 N–H and O–H groups in total. The summed E-state index contributed by atoms with van der Waals surface area (Å²) < 4.78 is 0.992. The lowest BCUT2D eigenvalue weighted by molar-refractivity contribution is -0.139. The molecule has 1 fully saturated rings. The SMILES string of the molecule is Cc1sc(C(NC2CC2)C(=O)O)cc1Br. The van der Waals surface area contributed by atoms with Crippen LogP contribution in [0, 0.1) is 6.92 Å². The van der Waals surface area contributed by atoms with Gasteiger partial charge in [0.15, 0.2) is 0 Å². The summed E-state index contributed by atoms with van der Waals surface area (Å²) in [5.41, 5.74) is 0. The number of aryl methyl sites for hydroxylation is 1. The fourth-order valence-corrected chi connectivity index (χ4v) is 3.00. The molecular weight excluding hydrogens is 278 g/mol. The maximum Gasteiger partial charge on any atom is 0.326 e. The number of rotatable bonds is 4. The van der Waals surface area contributed by atoms with Crippen LogP contribution in [0.5, 0.6) is 0 Å². The first-order valence-electron chi connectivity index (χ1n) is 4.82. The molecule has 0 aliphatic heterocycles. The van der Waals surface area contributed by atoms with E-state index in [0.29, 0.717) is 6.04 Å². The first kappa shape index (κ1) is 11.1. The van der Waals surface area contributed by atoms with Crippen LogP contribution >= 0.6 is 27.3 Å². The summed E-state index contributed by atoms with van der Waals surface area (Å²) in [5.74, 6) is -0.796. The number of hydrogen-bond donors (Lipinski definition) is 2. The van der Waals surface area contributed by atoms with E-state index >= 15 is 0 Å². The Labute approximate surface area is 101 Å². The van der Waals surface area contributed by atoms with Crippen LogP contribution in [-0.2, 0) is 4.79 Å². The fraction of sp³-hybridized carbons (Fsp3) is 0.500. The minimum absolute atomic E-state index is 0.396. The molecule has 5 heteroatoms. The summed E-state index contributed by atoms with van der Waals surface area (Å²) >= 11 is 4.94. The van der Waals surface area contributed by atoms with Gasteiger partial charge in [-0.25, -0.2) is 0 Å². The Kier molecular flexibility index (Phi) is 3.13. The van der Waals surface area contributed by atoms with Crippen molar-refractivity contribution >= 4 is 33.2 Å². The quantitative estimate of drug-likeness (QED) is 0.896. The van der Waals surface area contributed by atoms with Crippen molar-refractivity contribution in [3.63, 3.8) is 0 Å². The molecule has 1 saturated carbocycles. The van der Waals surface area contributed by atoms with E-state index < -0.39 is 12.0 Å². The second-order valence-electron chi connectivity index (χ2n) is 3.77. The lowest BCUT2D eigenvalue weighted by Gasteiger charge is -2.11. The molecule has 1 aliphatic rings. The molecule has 82 valence electrons. The Morgan fingerprint density at radius 1 is 1.73 bits per heavy atom. The summed E-state index contributed by atoms with van der Waals surface area (Å²) in [6.45, 7) is 1.98. The van der Waals surface area contributed by atoms with Crippen LogP contribution in [0.3, 0.4) is 0 Å². The molecule has 2 rings (SSSR count). The van der Waals surface area contributed by atoms with Gasteiger partial charge in [0.1, 0.15) is 6.04 Å². The molecule has 1 heterocycles. The van der Waals surface area contributed by atoms with Gasteiger partial charge in [-0.1, -0.05) is 0 Å². The number of carbonyl (C=O) groups is 1. The van der Waals surface area contributed by atoms with Crippen LogP contribution in [0.2, 0.25) is 0 Å². The van der Waals surface area contributed by atoms with E-state index in [1.54, 1.807) is 0 Å². The smallest absolute Gasteiger partial charge is 0.326 e. The molecule has 1 aromatic rings. The van der Waals surface area contributed by atoms with E-state index in [1.807, 2.05) is 13.0 Å². The third kappa shape index (κ3) is 2.59. The minimum atomic E-state index is -0.796. The zero-order valence-electron chi connectivity index (χ0n) is 8.29. The van der Waals surface area contributed by atoms with E-state index in [2.05, 4.69) is 21.2 Å². The van der Waals surface area contributed by atoms with Gasteiger partial charge in [-0.2, -0.15) is 0 Å². The van der Waals surface area contributed by atoms with Crippen LogP contribution in [0.15, 0.2) is 10.5 Å². The molecule has 0 amide bonds. The highest BCUT2D eigenvalue weighted by Crippen LogP contribution is 2.32. The van der Waals surface area contributed by atoms with Crippen LogP contribution < -0.4 is 5.32 Å². The van der Waals surface area contributed by atoms with Crippen molar-refractivity contribution in [1.29, 1.82) is 0 Å². The van der Waals surface area contributed by atoms with Crippen molar-refractivity contribution in [2.24, 2.45) is 0 Å². The van der Waals surface area contributed by atoms with Gasteiger partial charge in [-0.3, -0.25) is 10.1 Å². The van der Waals surface area contributed by atoms with Crippen molar-refractivity contribution in [2.45, 2.75) is 31.8 Å². The Bertz CT molecular complexity index is 367. The minimum Gasteiger partial charge on any atom is -0.480 e. The maximum atomic E-state index is 11.1. The number of thiophene rings is 1. The van der Waals surface area contributed by atoms with E-state index in [-0.39, 0.29) is 0 Å². The fourth-order valence-electron chi connectivity index (χ4n) is 1.38. The third-order valence-corrected chi connectivity index (χ3v) is 4.59. The molecule has 0 spiro atoms. The first-order chi connectivity index (χ1) is 7.08. The highest BCUT2D eigenvalue weighted by atomic mass is 79.9. The number of hydrogen-bond acceptors (Lipinski definition) is 3. The molecule has 0 saturated heterocycles. The van der Waals surface area contributed by atoms with Crippen molar-refractivity contribution < 1.29 is 9.90 Å². The maximum absolute atomic E-state index is 11.1. The van der Waals surface area contributed by atoms with Gasteiger partial charge in [-0.05, 0) is 41.8 Å². The Balaban J connectivity index is 2.18. The lowest BCUT2D eigenvalue weighted by Crippen LogP contribution is -2.29. The van der Waals surface area contributed by atoms with Gasteiger partial charge >= 0.3 is 5.97 Å². The molecule has 1 atom stereocenters. The average molecular weight is 290 g/mol. The molecule has 0 bridgehead atoms. The van der Waals surface area contributed by atoms with Gasteiger partial charge in [-0.15, -0.1) is 11.3 Å². The van der Waals surface area contributed by atoms with Gasteiger partial charge in [0.2, 0.25) is 0 Å². The summed E-state index contributed by atoms with van der Waals surface area (Å²) in [7, 11) is 0. The lowest BCUT2D eigenvalue weighted by atomic mass is 10.2. The molecule has 1 unspecified atom stereocenters. The highest BCUT2D eigenvalue weighted by molar-refractivity contribution is 9.10. The molecule has 0 radical (unpaired) electrons. The predicted octanol–water partition coefficient (Wildman–Crippen LogP) is 2.70. The first-order valence-corrected chi connectivity index (χ1v) is 6.43. The second kappa shape index (κ2) is 4.23. The van der Waals surface area contributed by atoms with Crippen molar-refractivity contribution in [3.8, 4) is 0 Å². The van der Waals surface area contributed by atoms with Gasteiger partial charge in [0, 0.05) is 20.3 Å². The van der Waals surface area contributed by atoms with Crippen molar-refractivity contribution in [2.75, 3.05) is 0 Å².